The van der Waals surface area contributed by atoms with Gasteiger partial charge < -0.3 is 11.5 Å². The molecule has 0 radical (unpaired) electrons. The lowest BCUT2D eigenvalue weighted by Crippen LogP contribution is -2.29. The molecule has 5 unspecified atom stereocenters. The Morgan fingerprint density at radius 2 is 1.86 bits per heavy atom. The molecule has 0 aromatic heterocycles. The second-order valence-electron chi connectivity index (χ2n) is 5.09. The maximum absolute atomic E-state index is 5.86. The standard InChI is InChI=1S/C12H22N2/c1-8(6-13)4-11-9-2-3-10(5-9)12(11)7-14/h2-3,8-12H,4-7,13-14H2,1H3. The zero-order valence-corrected chi connectivity index (χ0v) is 9.02. The first-order valence-corrected chi connectivity index (χ1v) is 5.84. The minimum atomic E-state index is 0.654. The molecule has 1 saturated carbocycles. The summed E-state index contributed by atoms with van der Waals surface area (Å²) in [7, 11) is 0. The van der Waals surface area contributed by atoms with Gasteiger partial charge in [-0.05, 0) is 55.5 Å². The lowest BCUT2D eigenvalue weighted by Gasteiger charge is -2.28. The summed E-state index contributed by atoms with van der Waals surface area (Å²) in [4.78, 5) is 0. The fraction of sp³-hybridized carbons (Fsp3) is 0.833. The number of allylic oxidation sites excluding steroid dienone is 2. The molecule has 2 rings (SSSR count). The molecule has 14 heavy (non-hydrogen) atoms. The molecule has 2 heteroatoms. The van der Waals surface area contributed by atoms with Crippen LogP contribution in [-0.4, -0.2) is 13.1 Å². The van der Waals surface area contributed by atoms with E-state index in [9.17, 15) is 0 Å². The van der Waals surface area contributed by atoms with E-state index in [-0.39, 0.29) is 0 Å². The first kappa shape index (κ1) is 10.2. The third kappa shape index (κ3) is 1.61. The molecule has 2 aliphatic rings. The molecular formula is C12H22N2. The molecule has 0 saturated heterocycles. The van der Waals surface area contributed by atoms with Crippen molar-refractivity contribution in [1.29, 1.82) is 0 Å². The Hall–Kier alpha value is -0.340. The average Bonchev–Trinajstić information content (AvgIpc) is 2.77. The fourth-order valence-electron chi connectivity index (χ4n) is 3.29. The highest BCUT2D eigenvalue weighted by molar-refractivity contribution is 5.13. The van der Waals surface area contributed by atoms with Gasteiger partial charge in [0.2, 0.25) is 0 Å². The van der Waals surface area contributed by atoms with E-state index in [2.05, 4.69) is 19.1 Å². The number of nitrogens with two attached hydrogens (primary N) is 2. The van der Waals surface area contributed by atoms with Crippen LogP contribution in [0.2, 0.25) is 0 Å². The first-order chi connectivity index (χ1) is 6.76. The predicted molar refractivity (Wildman–Crippen MR) is 59.6 cm³/mol. The lowest BCUT2D eigenvalue weighted by atomic mass is 9.78. The molecule has 0 spiro atoms. The smallest absolute Gasteiger partial charge is 0.00404 e. The van der Waals surface area contributed by atoms with Crippen molar-refractivity contribution in [3.8, 4) is 0 Å². The van der Waals surface area contributed by atoms with Gasteiger partial charge in [0.1, 0.15) is 0 Å². The van der Waals surface area contributed by atoms with E-state index < -0.39 is 0 Å². The zero-order valence-electron chi connectivity index (χ0n) is 9.02. The molecule has 0 aliphatic heterocycles. The van der Waals surface area contributed by atoms with Gasteiger partial charge in [0.05, 0.1) is 0 Å². The second-order valence-corrected chi connectivity index (χ2v) is 5.09. The molecule has 5 atom stereocenters. The monoisotopic (exact) mass is 194 g/mol. The Kier molecular flexibility index (Phi) is 2.93. The van der Waals surface area contributed by atoms with Gasteiger partial charge in [0, 0.05) is 0 Å². The van der Waals surface area contributed by atoms with Crippen LogP contribution in [0.15, 0.2) is 12.2 Å². The molecule has 0 heterocycles. The normalized spacial score (nSPS) is 41.9. The van der Waals surface area contributed by atoms with Crippen LogP contribution < -0.4 is 11.5 Å². The maximum Gasteiger partial charge on any atom is -0.00404 e. The van der Waals surface area contributed by atoms with E-state index >= 15 is 0 Å². The van der Waals surface area contributed by atoms with Crippen molar-refractivity contribution in [2.45, 2.75) is 19.8 Å². The van der Waals surface area contributed by atoms with E-state index in [1.54, 1.807) is 0 Å². The fourth-order valence-corrected chi connectivity index (χ4v) is 3.29. The Balaban J connectivity index is 2.00. The Bertz CT molecular complexity index is 224. The summed E-state index contributed by atoms with van der Waals surface area (Å²) in [6.07, 6.45) is 7.41. The van der Waals surface area contributed by atoms with Crippen LogP contribution in [0.3, 0.4) is 0 Å². The number of rotatable bonds is 4. The summed E-state index contributed by atoms with van der Waals surface area (Å²) in [6, 6.07) is 0. The topological polar surface area (TPSA) is 52.0 Å². The summed E-state index contributed by atoms with van der Waals surface area (Å²) in [5.74, 6) is 3.79. The Morgan fingerprint density at radius 3 is 2.43 bits per heavy atom. The third-order valence-corrected chi connectivity index (χ3v) is 4.15. The van der Waals surface area contributed by atoms with Gasteiger partial charge in [-0.1, -0.05) is 19.1 Å². The second kappa shape index (κ2) is 4.03. The van der Waals surface area contributed by atoms with Crippen LogP contribution in [-0.2, 0) is 0 Å². The van der Waals surface area contributed by atoms with E-state index in [1.165, 1.54) is 12.8 Å². The van der Waals surface area contributed by atoms with Gasteiger partial charge in [-0.3, -0.25) is 0 Å². The summed E-state index contributed by atoms with van der Waals surface area (Å²) in [5.41, 5.74) is 11.5. The van der Waals surface area contributed by atoms with Crippen molar-refractivity contribution in [1.82, 2.24) is 0 Å². The van der Waals surface area contributed by atoms with Crippen molar-refractivity contribution in [3.05, 3.63) is 12.2 Å². The Labute approximate surface area is 86.7 Å². The van der Waals surface area contributed by atoms with Crippen molar-refractivity contribution in [2.24, 2.45) is 41.1 Å². The molecule has 2 nitrogen and oxygen atoms in total. The molecule has 0 aromatic carbocycles. The van der Waals surface area contributed by atoms with Crippen LogP contribution in [0.5, 0.6) is 0 Å². The number of hydrogen-bond donors (Lipinski definition) is 2. The van der Waals surface area contributed by atoms with E-state index in [0.717, 1.165) is 36.8 Å². The quantitative estimate of drug-likeness (QED) is 0.664. The Morgan fingerprint density at radius 1 is 1.21 bits per heavy atom. The molecule has 2 aliphatic carbocycles. The van der Waals surface area contributed by atoms with Crippen LogP contribution in [0.1, 0.15) is 19.8 Å². The number of fused-ring (bicyclic) bond motifs is 2. The molecule has 2 bridgehead atoms. The van der Waals surface area contributed by atoms with Gasteiger partial charge in [-0.25, -0.2) is 0 Å². The highest BCUT2D eigenvalue weighted by Gasteiger charge is 2.43. The van der Waals surface area contributed by atoms with Gasteiger partial charge in [-0.2, -0.15) is 0 Å². The highest BCUT2D eigenvalue weighted by Crippen LogP contribution is 2.49. The summed E-state index contributed by atoms with van der Waals surface area (Å²) < 4.78 is 0. The molecule has 80 valence electrons. The van der Waals surface area contributed by atoms with Crippen LogP contribution >= 0.6 is 0 Å². The predicted octanol–water partition coefficient (Wildman–Crippen LogP) is 1.37. The minimum Gasteiger partial charge on any atom is -0.330 e. The molecular weight excluding hydrogens is 172 g/mol. The van der Waals surface area contributed by atoms with Crippen molar-refractivity contribution in [3.63, 3.8) is 0 Å². The summed E-state index contributed by atoms with van der Waals surface area (Å²) >= 11 is 0. The molecule has 0 amide bonds. The minimum absolute atomic E-state index is 0.654. The van der Waals surface area contributed by atoms with Gasteiger partial charge >= 0.3 is 0 Å². The van der Waals surface area contributed by atoms with Crippen molar-refractivity contribution < 1.29 is 0 Å². The van der Waals surface area contributed by atoms with E-state index in [0.29, 0.717) is 5.92 Å². The molecule has 1 fully saturated rings. The SMILES string of the molecule is CC(CN)CC1C2C=CC(C2)C1CN. The van der Waals surface area contributed by atoms with Crippen LogP contribution in [0.4, 0.5) is 0 Å². The number of hydrogen-bond acceptors (Lipinski definition) is 2. The van der Waals surface area contributed by atoms with Crippen LogP contribution in [0.25, 0.3) is 0 Å². The summed E-state index contributed by atoms with van der Waals surface area (Å²) in [6.45, 7) is 3.92. The highest BCUT2D eigenvalue weighted by atomic mass is 14.6. The molecule has 4 N–H and O–H groups in total. The average molecular weight is 194 g/mol. The van der Waals surface area contributed by atoms with Crippen molar-refractivity contribution >= 4 is 0 Å². The van der Waals surface area contributed by atoms with E-state index in [1.807, 2.05) is 0 Å². The lowest BCUT2D eigenvalue weighted by molar-refractivity contribution is 0.263. The van der Waals surface area contributed by atoms with Crippen LogP contribution in [0, 0.1) is 29.6 Å². The largest absolute Gasteiger partial charge is 0.330 e. The zero-order chi connectivity index (χ0) is 10.1. The van der Waals surface area contributed by atoms with Gasteiger partial charge in [0.25, 0.3) is 0 Å². The van der Waals surface area contributed by atoms with E-state index in [4.69, 9.17) is 11.5 Å². The van der Waals surface area contributed by atoms with Gasteiger partial charge in [0.15, 0.2) is 0 Å². The van der Waals surface area contributed by atoms with Gasteiger partial charge in [-0.15, -0.1) is 0 Å². The summed E-state index contributed by atoms with van der Waals surface area (Å²) in [5, 5.41) is 0. The molecule has 0 aromatic rings. The third-order valence-electron chi connectivity index (χ3n) is 4.15. The maximum atomic E-state index is 5.86. The first-order valence-electron chi connectivity index (χ1n) is 5.84. The van der Waals surface area contributed by atoms with Crippen molar-refractivity contribution in [2.75, 3.05) is 13.1 Å².